The molecule has 0 radical (unpaired) electrons. The van der Waals surface area contributed by atoms with Crippen molar-refractivity contribution >= 4 is 5.97 Å². The van der Waals surface area contributed by atoms with Gasteiger partial charge in [0.2, 0.25) is 0 Å². The lowest BCUT2D eigenvalue weighted by Crippen LogP contribution is -2.50. The van der Waals surface area contributed by atoms with Crippen LogP contribution < -0.4 is 0 Å². The smallest absolute Gasteiger partial charge is 0.323 e. The summed E-state index contributed by atoms with van der Waals surface area (Å²) in [7, 11) is 1.52. The first-order valence-corrected chi connectivity index (χ1v) is 4.71. The van der Waals surface area contributed by atoms with Gasteiger partial charge in [0.25, 0.3) is 5.92 Å². The zero-order chi connectivity index (χ0) is 10.8. The molecule has 0 saturated carbocycles. The third-order valence-corrected chi connectivity index (χ3v) is 2.35. The molecule has 5 heteroatoms. The SMILES string of the molecule is CCOC(=O)C1CCC(F)(F)CN1C. The third kappa shape index (κ3) is 2.64. The second-order valence-electron chi connectivity index (χ2n) is 3.58. The van der Waals surface area contributed by atoms with E-state index in [2.05, 4.69) is 0 Å². The molecule has 3 nitrogen and oxygen atoms in total. The Bertz CT molecular complexity index is 221. The first-order chi connectivity index (χ1) is 6.46. The van der Waals surface area contributed by atoms with Crippen LogP contribution in [0.3, 0.4) is 0 Å². The molecule has 1 unspecified atom stereocenters. The monoisotopic (exact) mass is 207 g/mol. The highest BCUT2D eigenvalue weighted by atomic mass is 19.3. The molecule has 0 spiro atoms. The Morgan fingerprint density at radius 3 is 2.79 bits per heavy atom. The Morgan fingerprint density at radius 2 is 2.29 bits per heavy atom. The standard InChI is InChI=1S/C9H15F2NO2/c1-3-14-8(13)7-4-5-9(10,11)6-12(7)2/h7H,3-6H2,1-2H3. The van der Waals surface area contributed by atoms with E-state index in [1.165, 1.54) is 11.9 Å². The first kappa shape index (κ1) is 11.4. The topological polar surface area (TPSA) is 29.5 Å². The van der Waals surface area contributed by atoms with Crippen LogP contribution in [0, 0.1) is 0 Å². The molecule has 1 fully saturated rings. The van der Waals surface area contributed by atoms with Crippen molar-refractivity contribution < 1.29 is 18.3 Å². The maximum absolute atomic E-state index is 12.9. The van der Waals surface area contributed by atoms with Gasteiger partial charge in [0.1, 0.15) is 6.04 Å². The minimum Gasteiger partial charge on any atom is -0.465 e. The summed E-state index contributed by atoms with van der Waals surface area (Å²) in [5.74, 6) is -3.07. The molecular weight excluding hydrogens is 192 g/mol. The zero-order valence-corrected chi connectivity index (χ0v) is 8.43. The number of likely N-dealkylation sites (N-methyl/N-ethyl adjacent to an activating group) is 1. The van der Waals surface area contributed by atoms with E-state index in [-0.39, 0.29) is 19.4 Å². The lowest BCUT2D eigenvalue weighted by molar-refractivity contribution is -0.156. The molecule has 0 N–H and O–H groups in total. The number of hydrogen-bond donors (Lipinski definition) is 0. The molecule has 0 aromatic rings. The minimum absolute atomic E-state index is 0.169. The predicted molar refractivity (Wildman–Crippen MR) is 47.2 cm³/mol. The van der Waals surface area contributed by atoms with Crippen LogP contribution >= 0.6 is 0 Å². The second-order valence-corrected chi connectivity index (χ2v) is 3.58. The molecule has 0 amide bonds. The van der Waals surface area contributed by atoms with Gasteiger partial charge in [-0.15, -0.1) is 0 Å². The van der Waals surface area contributed by atoms with Crippen LogP contribution in [0.15, 0.2) is 0 Å². The molecule has 1 saturated heterocycles. The highest BCUT2D eigenvalue weighted by Crippen LogP contribution is 2.29. The summed E-state index contributed by atoms with van der Waals surface area (Å²) >= 11 is 0. The summed E-state index contributed by atoms with van der Waals surface area (Å²) in [6.07, 6.45) is -0.0663. The number of carbonyl (C=O) groups is 1. The lowest BCUT2D eigenvalue weighted by atomic mass is 10.0. The Morgan fingerprint density at radius 1 is 1.64 bits per heavy atom. The van der Waals surface area contributed by atoms with Gasteiger partial charge in [-0.3, -0.25) is 9.69 Å². The van der Waals surface area contributed by atoms with Crippen molar-refractivity contribution in [2.24, 2.45) is 0 Å². The fourth-order valence-electron chi connectivity index (χ4n) is 1.66. The van der Waals surface area contributed by atoms with Crippen LogP contribution in [0.5, 0.6) is 0 Å². The van der Waals surface area contributed by atoms with Gasteiger partial charge >= 0.3 is 5.97 Å². The fourth-order valence-corrected chi connectivity index (χ4v) is 1.66. The van der Waals surface area contributed by atoms with Crippen LogP contribution in [-0.4, -0.2) is 43.0 Å². The van der Waals surface area contributed by atoms with E-state index in [0.29, 0.717) is 6.61 Å². The lowest BCUT2D eigenvalue weighted by Gasteiger charge is -2.35. The second kappa shape index (κ2) is 4.21. The van der Waals surface area contributed by atoms with Crippen molar-refractivity contribution in [2.75, 3.05) is 20.2 Å². The van der Waals surface area contributed by atoms with E-state index in [1.54, 1.807) is 6.92 Å². The molecule has 1 heterocycles. The number of hydrogen-bond acceptors (Lipinski definition) is 3. The number of halogens is 2. The van der Waals surface area contributed by atoms with E-state index < -0.39 is 17.9 Å². The molecule has 1 aliphatic heterocycles. The zero-order valence-electron chi connectivity index (χ0n) is 8.43. The highest BCUT2D eigenvalue weighted by Gasteiger charge is 2.41. The average molecular weight is 207 g/mol. The first-order valence-electron chi connectivity index (χ1n) is 4.71. The van der Waals surface area contributed by atoms with Crippen molar-refractivity contribution in [3.63, 3.8) is 0 Å². The summed E-state index contributed by atoms with van der Waals surface area (Å²) < 4.78 is 30.6. The number of rotatable bonds is 2. The summed E-state index contributed by atoms with van der Waals surface area (Å²) in [6.45, 7) is 1.63. The number of carbonyl (C=O) groups excluding carboxylic acids is 1. The van der Waals surface area contributed by atoms with Crippen molar-refractivity contribution in [1.82, 2.24) is 4.90 Å². The third-order valence-electron chi connectivity index (χ3n) is 2.35. The van der Waals surface area contributed by atoms with Crippen LogP contribution in [0.2, 0.25) is 0 Å². The van der Waals surface area contributed by atoms with E-state index in [0.717, 1.165) is 0 Å². The molecule has 0 aliphatic carbocycles. The van der Waals surface area contributed by atoms with Gasteiger partial charge in [-0.05, 0) is 20.4 Å². The van der Waals surface area contributed by atoms with E-state index in [9.17, 15) is 13.6 Å². The fraction of sp³-hybridized carbons (Fsp3) is 0.889. The average Bonchev–Trinajstić information content (AvgIpc) is 2.02. The molecular formula is C9H15F2NO2. The number of alkyl halides is 2. The van der Waals surface area contributed by atoms with E-state index in [4.69, 9.17) is 4.74 Å². The largest absolute Gasteiger partial charge is 0.465 e. The van der Waals surface area contributed by atoms with E-state index in [1.807, 2.05) is 0 Å². The van der Waals surface area contributed by atoms with Crippen LogP contribution in [-0.2, 0) is 9.53 Å². The van der Waals surface area contributed by atoms with Gasteiger partial charge in [-0.2, -0.15) is 0 Å². The van der Waals surface area contributed by atoms with Gasteiger partial charge in [-0.1, -0.05) is 0 Å². The Balaban J connectivity index is 2.53. The molecule has 0 bridgehead atoms. The number of esters is 1. The van der Waals surface area contributed by atoms with E-state index >= 15 is 0 Å². The van der Waals surface area contributed by atoms with Gasteiger partial charge in [0, 0.05) is 6.42 Å². The highest BCUT2D eigenvalue weighted by molar-refractivity contribution is 5.75. The molecule has 0 aromatic carbocycles. The van der Waals surface area contributed by atoms with Crippen molar-refractivity contribution in [2.45, 2.75) is 31.7 Å². The molecule has 1 aliphatic rings. The van der Waals surface area contributed by atoms with Crippen molar-refractivity contribution in [3.05, 3.63) is 0 Å². The molecule has 1 atom stereocenters. The number of nitrogens with zero attached hydrogens (tertiary/aromatic N) is 1. The summed E-state index contributed by atoms with van der Waals surface area (Å²) in [5, 5.41) is 0. The maximum Gasteiger partial charge on any atom is 0.323 e. The minimum atomic E-state index is -2.67. The summed E-state index contributed by atoms with van der Waals surface area (Å²) in [6, 6.07) is -0.505. The van der Waals surface area contributed by atoms with Crippen LogP contribution in [0.25, 0.3) is 0 Å². The number of likely N-dealkylation sites (tertiary alicyclic amines) is 1. The maximum atomic E-state index is 12.9. The van der Waals surface area contributed by atoms with Crippen molar-refractivity contribution in [1.29, 1.82) is 0 Å². The van der Waals surface area contributed by atoms with Crippen LogP contribution in [0.4, 0.5) is 8.78 Å². The number of ether oxygens (including phenoxy) is 1. The van der Waals surface area contributed by atoms with Gasteiger partial charge in [0.15, 0.2) is 0 Å². The predicted octanol–water partition coefficient (Wildman–Crippen LogP) is 1.28. The molecule has 0 aromatic heterocycles. The number of piperidine rings is 1. The molecule has 82 valence electrons. The molecule has 1 rings (SSSR count). The normalized spacial score (nSPS) is 27.3. The van der Waals surface area contributed by atoms with Gasteiger partial charge in [-0.25, -0.2) is 8.78 Å². The Labute approximate surface area is 82.0 Å². The summed E-state index contributed by atoms with van der Waals surface area (Å²) in [5.41, 5.74) is 0. The van der Waals surface area contributed by atoms with Crippen LogP contribution in [0.1, 0.15) is 19.8 Å². The quantitative estimate of drug-likeness (QED) is 0.639. The van der Waals surface area contributed by atoms with Gasteiger partial charge < -0.3 is 4.74 Å². The Hall–Kier alpha value is -0.710. The van der Waals surface area contributed by atoms with Gasteiger partial charge in [0.05, 0.1) is 13.2 Å². The summed E-state index contributed by atoms with van der Waals surface area (Å²) in [4.78, 5) is 12.7. The molecule has 14 heavy (non-hydrogen) atoms. The Kier molecular flexibility index (Phi) is 3.42. The van der Waals surface area contributed by atoms with Crippen molar-refractivity contribution in [3.8, 4) is 0 Å².